The molecule has 0 N–H and O–H groups in total. The minimum atomic E-state index is 0.879. The van der Waals surface area contributed by atoms with Crippen molar-refractivity contribution < 1.29 is 4.42 Å². The SMILES string of the molecule is c1ccc(-n2c3ccccc3c3cc4c5cc(-c6ccc7oc8ccccc8c7c6)cc6c7nc8ccccc8nc7n(c4cc32)c56)cc1. The second-order valence-corrected chi connectivity index (χ2v) is 13.0. The largest absolute Gasteiger partial charge is 0.456 e. The maximum absolute atomic E-state index is 6.19. The highest BCUT2D eigenvalue weighted by atomic mass is 16.3. The van der Waals surface area contributed by atoms with Crippen LogP contribution in [0.3, 0.4) is 0 Å². The smallest absolute Gasteiger partial charge is 0.165 e. The van der Waals surface area contributed by atoms with Crippen LogP contribution in [0, 0.1) is 0 Å². The van der Waals surface area contributed by atoms with Crippen LogP contribution < -0.4 is 0 Å². The fourth-order valence-corrected chi connectivity index (χ4v) is 8.26. The highest BCUT2D eigenvalue weighted by Gasteiger charge is 2.24. The van der Waals surface area contributed by atoms with E-state index in [0.717, 1.165) is 77.4 Å². The van der Waals surface area contributed by atoms with Gasteiger partial charge in [0.05, 0.1) is 33.1 Å². The highest BCUT2D eigenvalue weighted by Crippen LogP contribution is 2.44. The van der Waals surface area contributed by atoms with Gasteiger partial charge in [0.1, 0.15) is 16.7 Å². The molecule has 0 fully saturated rings. The molecular formula is C44H24N4O. The molecule has 0 bridgehead atoms. The van der Waals surface area contributed by atoms with E-state index in [2.05, 4.69) is 130 Å². The highest BCUT2D eigenvalue weighted by molar-refractivity contribution is 6.26. The fraction of sp³-hybridized carbons (Fsp3) is 0. The number of furan rings is 1. The summed E-state index contributed by atoms with van der Waals surface area (Å²) in [5, 5.41) is 8.22. The van der Waals surface area contributed by atoms with Gasteiger partial charge in [0, 0.05) is 43.4 Å². The zero-order valence-corrected chi connectivity index (χ0v) is 26.1. The first-order chi connectivity index (χ1) is 24.3. The van der Waals surface area contributed by atoms with Crippen LogP contribution in [0.2, 0.25) is 0 Å². The van der Waals surface area contributed by atoms with Crippen LogP contribution in [0.4, 0.5) is 0 Å². The molecule has 0 atom stereocenters. The number of benzene rings is 7. The van der Waals surface area contributed by atoms with Crippen molar-refractivity contribution >= 4 is 93.1 Å². The molecule has 0 spiro atoms. The van der Waals surface area contributed by atoms with Gasteiger partial charge in [-0.25, -0.2) is 9.97 Å². The molecule has 0 saturated heterocycles. The zero-order chi connectivity index (χ0) is 31.8. The summed E-state index contributed by atoms with van der Waals surface area (Å²) in [5.74, 6) is 0. The van der Waals surface area contributed by atoms with Crippen LogP contribution in [0.5, 0.6) is 0 Å². The molecule has 49 heavy (non-hydrogen) atoms. The molecule has 0 radical (unpaired) electrons. The maximum Gasteiger partial charge on any atom is 0.165 e. The second kappa shape index (κ2) is 9.00. The van der Waals surface area contributed by atoms with Crippen molar-refractivity contribution in [3.63, 3.8) is 0 Å². The predicted molar refractivity (Wildman–Crippen MR) is 201 cm³/mol. The third-order valence-corrected chi connectivity index (χ3v) is 10.4. The molecule has 5 nitrogen and oxygen atoms in total. The van der Waals surface area contributed by atoms with E-state index in [1.54, 1.807) is 0 Å². The standard InChI is InChI=1S/C44H24N4O/c1-2-10-27(11-3-1)47-37-16-8-4-12-28(37)30-23-31-33-21-26(25-18-19-41-32(20-25)29-13-5-9-17-40(29)49-41)22-34-42-44(46-36-15-7-6-14-35(36)45-42)48(43(33)34)39(31)24-38(30)47/h1-24H. The van der Waals surface area contributed by atoms with Gasteiger partial charge in [0.2, 0.25) is 0 Å². The summed E-state index contributed by atoms with van der Waals surface area (Å²) in [4.78, 5) is 10.5. The van der Waals surface area contributed by atoms with Gasteiger partial charge in [-0.1, -0.05) is 72.8 Å². The number of rotatable bonds is 2. The van der Waals surface area contributed by atoms with E-state index in [1.807, 2.05) is 24.3 Å². The Hall–Kier alpha value is -6.72. The van der Waals surface area contributed by atoms with E-state index >= 15 is 0 Å². The van der Waals surface area contributed by atoms with Crippen LogP contribution >= 0.6 is 0 Å². The average molecular weight is 625 g/mol. The number of fused-ring (bicyclic) bond motifs is 13. The Morgan fingerprint density at radius 3 is 2.02 bits per heavy atom. The van der Waals surface area contributed by atoms with Crippen LogP contribution in [-0.4, -0.2) is 18.9 Å². The van der Waals surface area contributed by atoms with Gasteiger partial charge >= 0.3 is 0 Å². The molecule has 5 heterocycles. The Morgan fingerprint density at radius 2 is 1.12 bits per heavy atom. The summed E-state index contributed by atoms with van der Waals surface area (Å²) < 4.78 is 10.9. The van der Waals surface area contributed by atoms with Gasteiger partial charge in [-0.2, -0.15) is 0 Å². The zero-order valence-electron chi connectivity index (χ0n) is 26.1. The number of hydrogen-bond acceptors (Lipinski definition) is 3. The van der Waals surface area contributed by atoms with Gasteiger partial charge < -0.3 is 8.98 Å². The van der Waals surface area contributed by atoms with Gasteiger partial charge in [-0.05, 0) is 83.9 Å². The molecule has 0 saturated carbocycles. The lowest BCUT2D eigenvalue weighted by Crippen LogP contribution is -1.93. The van der Waals surface area contributed by atoms with Crippen LogP contribution in [0.15, 0.2) is 150 Å². The summed E-state index contributed by atoms with van der Waals surface area (Å²) in [7, 11) is 0. The quantitative estimate of drug-likeness (QED) is 0.192. The Balaban J connectivity index is 1.26. The monoisotopic (exact) mass is 624 g/mol. The topological polar surface area (TPSA) is 48.3 Å². The molecule has 7 aromatic carbocycles. The predicted octanol–water partition coefficient (Wildman–Crippen LogP) is 11.4. The van der Waals surface area contributed by atoms with E-state index in [4.69, 9.17) is 14.4 Å². The Kier molecular flexibility index (Phi) is 4.66. The van der Waals surface area contributed by atoms with E-state index in [9.17, 15) is 0 Å². The van der Waals surface area contributed by atoms with Crippen molar-refractivity contribution in [2.75, 3.05) is 0 Å². The molecule has 12 aromatic rings. The van der Waals surface area contributed by atoms with E-state index in [1.165, 1.54) is 32.6 Å². The molecule has 5 aromatic heterocycles. The van der Waals surface area contributed by atoms with Crippen molar-refractivity contribution in [3.8, 4) is 16.8 Å². The summed E-state index contributed by atoms with van der Waals surface area (Å²) in [6.45, 7) is 0. The van der Waals surface area contributed by atoms with Crippen molar-refractivity contribution in [2.45, 2.75) is 0 Å². The van der Waals surface area contributed by atoms with Gasteiger partial charge in [0.15, 0.2) is 5.65 Å². The van der Waals surface area contributed by atoms with E-state index in [0.29, 0.717) is 0 Å². The Bertz CT molecular complexity index is 3330. The second-order valence-electron chi connectivity index (χ2n) is 13.0. The number of aromatic nitrogens is 4. The average Bonchev–Trinajstić information content (AvgIpc) is 3.88. The molecular weight excluding hydrogens is 601 g/mol. The van der Waals surface area contributed by atoms with Crippen molar-refractivity contribution in [1.82, 2.24) is 18.9 Å². The number of hydrogen-bond donors (Lipinski definition) is 0. The molecule has 226 valence electrons. The lowest BCUT2D eigenvalue weighted by Gasteiger charge is -2.08. The lowest BCUT2D eigenvalue weighted by atomic mass is 9.98. The van der Waals surface area contributed by atoms with Crippen LogP contribution in [0.25, 0.3) is 110 Å². The lowest BCUT2D eigenvalue weighted by molar-refractivity contribution is 0.669. The van der Waals surface area contributed by atoms with Crippen molar-refractivity contribution in [2.24, 2.45) is 0 Å². The maximum atomic E-state index is 6.19. The molecule has 0 aliphatic rings. The third kappa shape index (κ3) is 3.28. The van der Waals surface area contributed by atoms with Crippen molar-refractivity contribution in [3.05, 3.63) is 146 Å². The molecule has 0 aliphatic heterocycles. The molecule has 5 heteroatoms. The summed E-state index contributed by atoms with van der Waals surface area (Å²) in [6.07, 6.45) is 0. The van der Waals surface area contributed by atoms with E-state index < -0.39 is 0 Å². The molecule has 12 rings (SSSR count). The minimum Gasteiger partial charge on any atom is -0.456 e. The number of para-hydroxylation sites is 5. The normalized spacial score (nSPS) is 12.5. The third-order valence-electron chi connectivity index (χ3n) is 10.4. The minimum absolute atomic E-state index is 0.879. The first-order valence-corrected chi connectivity index (χ1v) is 16.6. The number of nitrogens with zero attached hydrogens (tertiary/aromatic N) is 4. The molecule has 0 unspecified atom stereocenters. The van der Waals surface area contributed by atoms with E-state index in [-0.39, 0.29) is 0 Å². The summed E-state index contributed by atoms with van der Waals surface area (Å²) in [5.41, 5.74) is 13.4. The van der Waals surface area contributed by atoms with Gasteiger partial charge in [0.25, 0.3) is 0 Å². The fourth-order valence-electron chi connectivity index (χ4n) is 8.26. The Morgan fingerprint density at radius 1 is 0.429 bits per heavy atom. The Labute approximate surface area is 278 Å². The van der Waals surface area contributed by atoms with Gasteiger partial charge in [-0.15, -0.1) is 0 Å². The van der Waals surface area contributed by atoms with Gasteiger partial charge in [-0.3, -0.25) is 4.40 Å². The summed E-state index contributed by atoms with van der Waals surface area (Å²) in [6, 6.07) is 51.7. The first-order valence-electron chi connectivity index (χ1n) is 16.6. The van der Waals surface area contributed by atoms with Crippen molar-refractivity contribution in [1.29, 1.82) is 0 Å². The van der Waals surface area contributed by atoms with Crippen LogP contribution in [-0.2, 0) is 0 Å². The van der Waals surface area contributed by atoms with Crippen LogP contribution in [0.1, 0.15) is 0 Å². The molecule has 0 aliphatic carbocycles. The first kappa shape index (κ1) is 25.4. The molecule has 0 amide bonds. The summed E-state index contributed by atoms with van der Waals surface area (Å²) >= 11 is 0.